The number of nitrogens with zero attached hydrogens (tertiary/aromatic N) is 2. The maximum atomic E-state index is 13.7. The first-order valence-corrected chi connectivity index (χ1v) is 12.4. The monoisotopic (exact) mass is 495 g/mol. The molecule has 1 heterocycles. The minimum absolute atomic E-state index is 0.134. The first kappa shape index (κ1) is 25.8. The van der Waals surface area contributed by atoms with Crippen molar-refractivity contribution < 1.29 is 14.0 Å². The summed E-state index contributed by atoms with van der Waals surface area (Å²) in [6.45, 7) is 0.506. The van der Waals surface area contributed by atoms with Crippen LogP contribution in [-0.4, -0.2) is 27.7 Å². The summed E-state index contributed by atoms with van der Waals surface area (Å²) in [4.78, 5) is 33.0. The van der Waals surface area contributed by atoms with E-state index in [-0.39, 0.29) is 30.6 Å². The van der Waals surface area contributed by atoms with Crippen LogP contribution >= 0.6 is 0 Å². The minimum atomic E-state index is -0.743. The summed E-state index contributed by atoms with van der Waals surface area (Å²) in [7, 11) is 0. The van der Waals surface area contributed by atoms with Crippen molar-refractivity contribution in [2.24, 2.45) is 0 Å². The van der Waals surface area contributed by atoms with E-state index < -0.39 is 6.04 Å². The van der Waals surface area contributed by atoms with Crippen LogP contribution in [0.3, 0.4) is 0 Å². The summed E-state index contributed by atoms with van der Waals surface area (Å²) in [5, 5.41) is 2.99. The van der Waals surface area contributed by atoms with E-state index in [9.17, 15) is 14.0 Å². The van der Waals surface area contributed by atoms with Crippen molar-refractivity contribution in [2.75, 3.05) is 0 Å². The Labute approximate surface area is 217 Å². The van der Waals surface area contributed by atoms with Crippen molar-refractivity contribution >= 4 is 11.8 Å². The van der Waals surface area contributed by atoms with Crippen molar-refractivity contribution in [3.05, 3.63) is 138 Å². The molecule has 0 radical (unpaired) electrons. The van der Waals surface area contributed by atoms with Gasteiger partial charge in [0.05, 0.1) is 0 Å². The highest BCUT2D eigenvalue weighted by molar-refractivity contribution is 5.88. The van der Waals surface area contributed by atoms with Crippen molar-refractivity contribution in [3.8, 4) is 0 Å². The molecule has 0 saturated heterocycles. The average Bonchev–Trinajstić information content (AvgIpc) is 2.95. The van der Waals surface area contributed by atoms with Crippen LogP contribution in [0.25, 0.3) is 0 Å². The highest BCUT2D eigenvalue weighted by Gasteiger charge is 2.30. The summed E-state index contributed by atoms with van der Waals surface area (Å²) >= 11 is 0. The predicted molar refractivity (Wildman–Crippen MR) is 142 cm³/mol. The Balaban J connectivity index is 1.60. The fourth-order valence-corrected chi connectivity index (χ4v) is 4.19. The lowest BCUT2D eigenvalue weighted by Crippen LogP contribution is -2.50. The molecule has 0 unspecified atom stereocenters. The molecule has 5 nitrogen and oxygen atoms in total. The van der Waals surface area contributed by atoms with E-state index in [1.165, 1.54) is 12.1 Å². The molecule has 188 valence electrons. The molecule has 0 aliphatic heterocycles. The Morgan fingerprint density at radius 1 is 0.784 bits per heavy atom. The van der Waals surface area contributed by atoms with Gasteiger partial charge in [-0.05, 0) is 46.9 Å². The molecule has 0 spiro atoms. The number of hydrogen-bond donors (Lipinski definition) is 1. The zero-order valence-corrected chi connectivity index (χ0v) is 20.6. The van der Waals surface area contributed by atoms with Gasteiger partial charge in [-0.1, -0.05) is 78.9 Å². The van der Waals surface area contributed by atoms with Gasteiger partial charge < -0.3 is 10.2 Å². The van der Waals surface area contributed by atoms with Crippen LogP contribution in [0.4, 0.5) is 4.39 Å². The van der Waals surface area contributed by atoms with Crippen LogP contribution < -0.4 is 5.32 Å². The van der Waals surface area contributed by atoms with Gasteiger partial charge in [-0.2, -0.15) is 0 Å². The smallest absolute Gasteiger partial charge is 0.243 e. The van der Waals surface area contributed by atoms with Crippen molar-refractivity contribution in [2.45, 2.75) is 38.4 Å². The van der Waals surface area contributed by atoms with E-state index in [1.54, 1.807) is 29.4 Å². The third kappa shape index (κ3) is 7.84. The number of halogens is 1. The van der Waals surface area contributed by atoms with Crippen molar-refractivity contribution in [1.82, 2.24) is 15.2 Å². The lowest BCUT2D eigenvalue weighted by molar-refractivity contribution is -0.141. The van der Waals surface area contributed by atoms with Gasteiger partial charge >= 0.3 is 0 Å². The van der Waals surface area contributed by atoms with Gasteiger partial charge in [0.25, 0.3) is 0 Å². The number of carbonyl (C=O) groups excluding carboxylic acids is 2. The van der Waals surface area contributed by atoms with E-state index in [0.717, 1.165) is 22.3 Å². The quantitative estimate of drug-likeness (QED) is 0.315. The zero-order chi connectivity index (χ0) is 25.9. The minimum Gasteiger partial charge on any atom is -0.350 e. The Hall–Kier alpha value is -4.32. The van der Waals surface area contributed by atoms with E-state index in [2.05, 4.69) is 10.3 Å². The molecule has 4 rings (SSSR count). The number of hydrogen-bond acceptors (Lipinski definition) is 3. The summed E-state index contributed by atoms with van der Waals surface area (Å²) in [5.41, 5.74) is 3.63. The molecule has 6 heteroatoms. The summed E-state index contributed by atoms with van der Waals surface area (Å²) < 4.78 is 13.6. The molecule has 0 bridgehead atoms. The molecule has 0 fully saturated rings. The maximum Gasteiger partial charge on any atom is 0.243 e. The van der Waals surface area contributed by atoms with Gasteiger partial charge in [0.15, 0.2) is 0 Å². The first-order valence-electron chi connectivity index (χ1n) is 12.4. The largest absolute Gasteiger partial charge is 0.350 e. The van der Waals surface area contributed by atoms with Gasteiger partial charge in [-0.15, -0.1) is 0 Å². The summed E-state index contributed by atoms with van der Waals surface area (Å²) in [6.07, 6.45) is 4.56. The molecule has 3 aromatic carbocycles. The summed E-state index contributed by atoms with van der Waals surface area (Å²) in [5.74, 6) is -0.728. The molecule has 2 amide bonds. The fraction of sp³-hybridized carbons (Fsp3) is 0.194. The third-order valence-electron chi connectivity index (χ3n) is 6.20. The highest BCUT2D eigenvalue weighted by atomic mass is 19.1. The molecule has 0 aliphatic rings. The van der Waals surface area contributed by atoms with Crippen molar-refractivity contribution in [3.63, 3.8) is 0 Å². The van der Waals surface area contributed by atoms with E-state index in [1.807, 2.05) is 72.8 Å². The summed E-state index contributed by atoms with van der Waals surface area (Å²) in [6, 6.07) is 28.5. The molecular formula is C31H30FN3O2. The molecule has 4 aromatic rings. The Kier molecular flexibility index (Phi) is 9.13. The Bertz CT molecular complexity index is 1270. The molecule has 0 saturated carbocycles. The number of amides is 2. The second kappa shape index (κ2) is 13.1. The van der Waals surface area contributed by atoms with Gasteiger partial charge in [0.2, 0.25) is 11.8 Å². The topological polar surface area (TPSA) is 62.3 Å². The van der Waals surface area contributed by atoms with Gasteiger partial charge in [-0.25, -0.2) is 4.39 Å². The SMILES string of the molecule is O=C(NCc1cccnc1)[C@@H](Cc1ccccc1)N(Cc1ccc(F)cc1)C(=O)CCc1ccccc1. The number of benzene rings is 3. The fourth-order valence-electron chi connectivity index (χ4n) is 4.19. The average molecular weight is 496 g/mol. The van der Waals surface area contributed by atoms with Crippen molar-refractivity contribution in [1.29, 1.82) is 0 Å². The first-order chi connectivity index (χ1) is 18.1. The number of rotatable bonds is 11. The number of aryl methyl sites for hydroxylation is 1. The number of aromatic nitrogens is 1. The van der Waals surface area contributed by atoms with Gasteiger partial charge in [0, 0.05) is 38.3 Å². The molecule has 1 atom stereocenters. The molecule has 37 heavy (non-hydrogen) atoms. The Morgan fingerprint density at radius 3 is 2.08 bits per heavy atom. The maximum absolute atomic E-state index is 13.7. The van der Waals surface area contributed by atoms with Crippen LogP contribution in [0.15, 0.2) is 109 Å². The van der Waals surface area contributed by atoms with Gasteiger partial charge in [0.1, 0.15) is 11.9 Å². The van der Waals surface area contributed by atoms with Crippen LogP contribution in [0.2, 0.25) is 0 Å². The van der Waals surface area contributed by atoms with Crippen LogP contribution in [-0.2, 0) is 35.5 Å². The van der Waals surface area contributed by atoms with Crippen LogP contribution in [0.5, 0.6) is 0 Å². The van der Waals surface area contributed by atoms with E-state index in [4.69, 9.17) is 0 Å². The zero-order valence-electron chi connectivity index (χ0n) is 20.6. The second-order valence-electron chi connectivity index (χ2n) is 8.92. The van der Waals surface area contributed by atoms with Crippen LogP contribution in [0.1, 0.15) is 28.7 Å². The number of pyridine rings is 1. The lowest BCUT2D eigenvalue weighted by Gasteiger charge is -2.31. The lowest BCUT2D eigenvalue weighted by atomic mass is 10.0. The predicted octanol–water partition coefficient (Wildman–Crippen LogP) is 5.11. The second-order valence-corrected chi connectivity index (χ2v) is 8.92. The van der Waals surface area contributed by atoms with Gasteiger partial charge in [-0.3, -0.25) is 14.6 Å². The molecular weight excluding hydrogens is 465 g/mol. The van der Waals surface area contributed by atoms with E-state index in [0.29, 0.717) is 19.4 Å². The van der Waals surface area contributed by atoms with Crippen LogP contribution in [0, 0.1) is 5.82 Å². The standard InChI is InChI=1S/C31H30FN3O2/c32-28-16-13-26(14-17-28)23-35(30(36)18-15-24-8-3-1-4-9-24)29(20-25-10-5-2-6-11-25)31(37)34-22-27-12-7-19-33-21-27/h1-14,16-17,19,21,29H,15,18,20,22-23H2,(H,34,37)/t29-/m1/s1. The normalized spacial score (nSPS) is 11.5. The number of carbonyl (C=O) groups is 2. The Morgan fingerprint density at radius 2 is 1.43 bits per heavy atom. The molecule has 1 N–H and O–H groups in total. The third-order valence-corrected chi connectivity index (χ3v) is 6.20. The number of nitrogens with one attached hydrogen (secondary N) is 1. The van der Waals surface area contributed by atoms with E-state index >= 15 is 0 Å². The molecule has 1 aromatic heterocycles. The highest BCUT2D eigenvalue weighted by Crippen LogP contribution is 2.17. The molecule has 0 aliphatic carbocycles.